The van der Waals surface area contributed by atoms with Gasteiger partial charge in [-0.05, 0) is 79.9 Å². The first-order chi connectivity index (χ1) is 16.4. The molecule has 0 radical (unpaired) electrons. The van der Waals surface area contributed by atoms with E-state index in [-0.39, 0.29) is 11.3 Å². The van der Waals surface area contributed by atoms with E-state index in [1.807, 2.05) is 32.0 Å². The van der Waals surface area contributed by atoms with Gasteiger partial charge in [0.15, 0.2) is 0 Å². The molecule has 0 spiro atoms. The molecule has 0 aliphatic carbocycles. The number of aliphatic hydroxyl groups is 1. The number of anilines is 1. The molecule has 0 bridgehead atoms. The molecule has 1 N–H and O–H groups in total. The van der Waals surface area contributed by atoms with Gasteiger partial charge in [0, 0.05) is 11.3 Å². The van der Waals surface area contributed by atoms with Gasteiger partial charge in [0.2, 0.25) is 0 Å². The number of furan rings is 1. The molecule has 6 heteroatoms. The van der Waals surface area contributed by atoms with Gasteiger partial charge in [-0.25, -0.2) is 0 Å². The smallest absolute Gasteiger partial charge is 0.300 e. The Morgan fingerprint density at radius 2 is 1.74 bits per heavy atom. The zero-order chi connectivity index (χ0) is 24.2. The van der Waals surface area contributed by atoms with E-state index in [0.717, 1.165) is 30.4 Å². The Labute approximate surface area is 199 Å². The number of ether oxygens (including phenoxy) is 1. The van der Waals surface area contributed by atoms with Gasteiger partial charge >= 0.3 is 0 Å². The van der Waals surface area contributed by atoms with Crippen molar-refractivity contribution < 1.29 is 23.8 Å². The molecule has 3 aromatic rings. The second-order valence-corrected chi connectivity index (χ2v) is 8.61. The number of benzene rings is 2. The van der Waals surface area contributed by atoms with E-state index < -0.39 is 17.7 Å². The van der Waals surface area contributed by atoms with Crippen molar-refractivity contribution in [2.75, 3.05) is 11.5 Å². The van der Waals surface area contributed by atoms with Crippen LogP contribution in [0.25, 0.3) is 5.76 Å². The minimum Gasteiger partial charge on any atom is -0.507 e. The molecule has 1 fully saturated rings. The lowest BCUT2D eigenvalue weighted by Gasteiger charge is -2.24. The summed E-state index contributed by atoms with van der Waals surface area (Å²) in [6.07, 6.45) is 4.68. The molecule has 1 saturated heterocycles. The second-order valence-electron chi connectivity index (χ2n) is 8.61. The number of Topliss-reactive ketones (excluding diaryl/α,β-unsaturated/α-hetero) is 1. The van der Waals surface area contributed by atoms with E-state index >= 15 is 0 Å². The van der Waals surface area contributed by atoms with Gasteiger partial charge in [0.05, 0.1) is 18.4 Å². The van der Waals surface area contributed by atoms with Crippen LogP contribution in [0.2, 0.25) is 0 Å². The molecule has 4 rings (SSSR count). The monoisotopic (exact) mass is 459 g/mol. The van der Waals surface area contributed by atoms with Crippen LogP contribution in [-0.2, 0) is 9.59 Å². The van der Waals surface area contributed by atoms with Gasteiger partial charge in [-0.2, -0.15) is 0 Å². The van der Waals surface area contributed by atoms with E-state index in [0.29, 0.717) is 29.4 Å². The number of carbonyl (C=O) groups excluding carboxylic acids is 2. The normalized spacial score (nSPS) is 17.4. The summed E-state index contributed by atoms with van der Waals surface area (Å²) in [5.74, 6) is -0.618. The van der Waals surface area contributed by atoms with Crippen molar-refractivity contribution in [1.82, 2.24) is 0 Å². The molecule has 0 saturated carbocycles. The Bertz CT molecular complexity index is 1190. The first-order valence-corrected chi connectivity index (χ1v) is 11.6. The molecule has 2 aromatic carbocycles. The Morgan fingerprint density at radius 3 is 2.35 bits per heavy atom. The van der Waals surface area contributed by atoms with Gasteiger partial charge in [0.1, 0.15) is 23.3 Å². The van der Waals surface area contributed by atoms with Crippen molar-refractivity contribution in [3.63, 3.8) is 0 Å². The van der Waals surface area contributed by atoms with E-state index in [2.05, 4.69) is 6.92 Å². The average molecular weight is 460 g/mol. The quantitative estimate of drug-likeness (QED) is 0.191. The zero-order valence-corrected chi connectivity index (χ0v) is 19.7. The van der Waals surface area contributed by atoms with Crippen LogP contribution >= 0.6 is 0 Å². The molecular weight excluding hydrogens is 430 g/mol. The lowest BCUT2D eigenvalue weighted by molar-refractivity contribution is -0.132. The van der Waals surface area contributed by atoms with Crippen molar-refractivity contribution in [2.24, 2.45) is 0 Å². The van der Waals surface area contributed by atoms with Gasteiger partial charge in [-0.1, -0.05) is 25.8 Å². The maximum atomic E-state index is 13.2. The third-order valence-electron chi connectivity index (χ3n) is 5.89. The number of unbranched alkanes of at least 4 members (excludes halogenated alkanes) is 2. The van der Waals surface area contributed by atoms with Crippen molar-refractivity contribution in [1.29, 1.82) is 0 Å². The first kappa shape index (κ1) is 23.4. The molecule has 6 nitrogen and oxygen atoms in total. The minimum atomic E-state index is -0.874. The topological polar surface area (TPSA) is 80.0 Å². The summed E-state index contributed by atoms with van der Waals surface area (Å²) in [5.41, 5.74) is 2.93. The number of carbonyl (C=O) groups is 2. The van der Waals surface area contributed by atoms with E-state index in [1.165, 1.54) is 11.2 Å². The largest absolute Gasteiger partial charge is 0.507 e. The molecule has 1 amide bonds. The van der Waals surface area contributed by atoms with Gasteiger partial charge in [-0.15, -0.1) is 0 Å². The fourth-order valence-electron chi connectivity index (χ4n) is 4.31. The molecule has 1 aliphatic rings. The first-order valence-electron chi connectivity index (χ1n) is 11.6. The van der Waals surface area contributed by atoms with Crippen LogP contribution in [0.5, 0.6) is 5.75 Å². The van der Waals surface area contributed by atoms with Crippen LogP contribution in [0, 0.1) is 13.8 Å². The number of rotatable bonds is 8. The maximum absolute atomic E-state index is 13.2. The van der Waals surface area contributed by atoms with Crippen molar-refractivity contribution in [3.8, 4) is 5.75 Å². The summed E-state index contributed by atoms with van der Waals surface area (Å²) in [6.45, 7) is 6.62. The molecular formula is C28H29NO5. The van der Waals surface area contributed by atoms with Crippen molar-refractivity contribution in [3.05, 3.63) is 88.9 Å². The fourth-order valence-corrected chi connectivity index (χ4v) is 4.31. The summed E-state index contributed by atoms with van der Waals surface area (Å²) >= 11 is 0. The van der Waals surface area contributed by atoms with E-state index in [9.17, 15) is 14.7 Å². The summed E-state index contributed by atoms with van der Waals surface area (Å²) in [6, 6.07) is 15.1. The highest BCUT2D eigenvalue weighted by molar-refractivity contribution is 6.51. The SMILES string of the molecule is CCCCCOc1ccc(/C(O)=C2/C(=O)C(=O)N(c3cc(C)cc(C)c3)C2c2ccco2)cc1. The Balaban J connectivity index is 1.73. The van der Waals surface area contributed by atoms with Crippen molar-refractivity contribution >= 4 is 23.1 Å². The fraction of sp³-hybridized carbons (Fsp3) is 0.286. The average Bonchev–Trinajstić information content (AvgIpc) is 3.43. The molecule has 1 aromatic heterocycles. The predicted molar refractivity (Wildman–Crippen MR) is 131 cm³/mol. The number of nitrogens with zero attached hydrogens (tertiary/aromatic N) is 1. The highest BCUT2D eigenvalue weighted by atomic mass is 16.5. The Hall–Kier alpha value is -3.80. The minimum absolute atomic E-state index is 0.00396. The number of ketones is 1. The summed E-state index contributed by atoms with van der Waals surface area (Å²) < 4.78 is 11.4. The highest BCUT2D eigenvalue weighted by Crippen LogP contribution is 2.42. The molecule has 1 unspecified atom stereocenters. The van der Waals surface area contributed by atoms with Crippen LogP contribution in [0.3, 0.4) is 0 Å². The zero-order valence-electron chi connectivity index (χ0n) is 19.7. The third-order valence-corrected chi connectivity index (χ3v) is 5.89. The van der Waals surface area contributed by atoms with Crippen molar-refractivity contribution in [2.45, 2.75) is 46.1 Å². The molecule has 176 valence electrons. The number of hydrogen-bond donors (Lipinski definition) is 1. The van der Waals surface area contributed by atoms with Gasteiger partial charge in [-0.3, -0.25) is 14.5 Å². The van der Waals surface area contributed by atoms with E-state index in [4.69, 9.17) is 9.15 Å². The number of amides is 1. The molecule has 1 aliphatic heterocycles. The van der Waals surface area contributed by atoms with Gasteiger partial charge in [0.25, 0.3) is 11.7 Å². The van der Waals surface area contributed by atoms with Crippen LogP contribution in [0.1, 0.15) is 54.7 Å². The lowest BCUT2D eigenvalue weighted by atomic mass is 9.99. The number of aliphatic hydroxyl groups excluding tert-OH is 1. The third kappa shape index (κ3) is 4.62. The molecule has 34 heavy (non-hydrogen) atoms. The summed E-state index contributed by atoms with van der Waals surface area (Å²) in [4.78, 5) is 27.7. The number of aryl methyl sites for hydroxylation is 2. The molecule has 2 heterocycles. The van der Waals surface area contributed by atoms with Gasteiger partial charge < -0.3 is 14.3 Å². The molecule has 1 atom stereocenters. The van der Waals surface area contributed by atoms with Crippen LogP contribution in [0.15, 0.2) is 70.9 Å². The van der Waals surface area contributed by atoms with Crippen LogP contribution in [0.4, 0.5) is 5.69 Å². The lowest BCUT2D eigenvalue weighted by Crippen LogP contribution is -2.29. The standard InChI is InChI=1S/C28H29NO5/c1-4-5-6-13-33-22-11-9-20(10-12-22)26(30)24-25(23-8-7-14-34-23)29(28(32)27(24)31)21-16-18(2)15-19(3)17-21/h7-12,14-17,25,30H,4-6,13H2,1-3H3/b26-24-. The Kier molecular flexibility index (Phi) is 6.87. The summed E-state index contributed by atoms with van der Waals surface area (Å²) in [5, 5.41) is 11.2. The number of hydrogen-bond acceptors (Lipinski definition) is 5. The van der Waals surface area contributed by atoms with Crippen LogP contribution in [-0.4, -0.2) is 23.4 Å². The Morgan fingerprint density at radius 1 is 1.03 bits per heavy atom. The van der Waals surface area contributed by atoms with E-state index in [1.54, 1.807) is 36.4 Å². The van der Waals surface area contributed by atoms with Crippen LogP contribution < -0.4 is 9.64 Å². The second kappa shape index (κ2) is 10.00. The maximum Gasteiger partial charge on any atom is 0.300 e. The summed E-state index contributed by atoms with van der Waals surface area (Å²) in [7, 11) is 0. The predicted octanol–water partition coefficient (Wildman–Crippen LogP) is 6.09. The highest BCUT2D eigenvalue weighted by Gasteiger charge is 2.48.